The third-order valence-corrected chi connectivity index (χ3v) is 2.87. The Balaban J connectivity index is 2.34. The molecule has 2 aromatic heterocycles. The number of nitrogens with zero attached hydrogens (tertiary/aromatic N) is 2. The van der Waals surface area contributed by atoms with Crippen molar-refractivity contribution >= 4 is 0 Å². The molecule has 2 N–H and O–H groups in total. The van der Waals surface area contributed by atoms with E-state index in [1.807, 2.05) is 19.2 Å². The summed E-state index contributed by atoms with van der Waals surface area (Å²) in [5.74, 6) is 0. The van der Waals surface area contributed by atoms with E-state index in [-0.39, 0.29) is 6.61 Å². The molecular weight excluding hydrogens is 216 g/mol. The van der Waals surface area contributed by atoms with Gasteiger partial charge in [0.2, 0.25) is 0 Å². The lowest BCUT2D eigenvalue weighted by molar-refractivity contribution is 0.142. The molecule has 2 aromatic rings. The topological polar surface area (TPSA) is 58.3 Å². The maximum Gasteiger partial charge on any atom is 0.156 e. The first-order valence-corrected chi connectivity index (χ1v) is 5.59. The highest BCUT2D eigenvalue weighted by Crippen LogP contribution is 2.20. The predicted octanol–water partition coefficient (Wildman–Crippen LogP) is 1.27. The lowest BCUT2D eigenvalue weighted by Gasteiger charge is -2.17. The molecule has 4 heteroatoms. The molecule has 90 valence electrons. The Labute approximate surface area is 100 Å². The zero-order valence-corrected chi connectivity index (χ0v) is 9.74. The number of hydrogen-bond acceptors (Lipinski definition) is 3. The van der Waals surface area contributed by atoms with Crippen LogP contribution in [0.5, 0.6) is 0 Å². The van der Waals surface area contributed by atoms with Crippen LogP contribution in [0.25, 0.3) is 0 Å². The third kappa shape index (κ3) is 2.38. The summed E-state index contributed by atoms with van der Waals surface area (Å²) < 4.78 is 1.78. The maximum atomic E-state index is 10.3. The lowest BCUT2D eigenvalue weighted by atomic mass is 10.2. The van der Waals surface area contributed by atoms with Crippen LogP contribution in [0.4, 0.5) is 0 Å². The van der Waals surface area contributed by atoms with Crippen molar-refractivity contribution in [1.29, 1.82) is 0 Å². The summed E-state index contributed by atoms with van der Waals surface area (Å²) in [4.78, 5) is 3.93. The van der Waals surface area contributed by atoms with E-state index in [1.165, 1.54) is 0 Å². The number of aromatic nitrogens is 2. The highest BCUT2D eigenvalue weighted by atomic mass is 16.3. The van der Waals surface area contributed by atoms with Gasteiger partial charge in [-0.1, -0.05) is 0 Å². The average molecular weight is 232 g/mol. The van der Waals surface area contributed by atoms with Gasteiger partial charge in [0.15, 0.2) is 6.23 Å². The molecular formula is C13H16N2O2. The van der Waals surface area contributed by atoms with E-state index >= 15 is 0 Å². The average Bonchev–Trinajstić information content (AvgIpc) is 2.72. The first kappa shape index (κ1) is 11.8. The van der Waals surface area contributed by atoms with Crippen molar-refractivity contribution in [3.63, 3.8) is 0 Å². The molecule has 0 radical (unpaired) electrons. The molecule has 2 rings (SSSR count). The molecule has 4 nitrogen and oxygen atoms in total. The van der Waals surface area contributed by atoms with Gasteiger partial charge in [0.25, 0.3) is 0 Å². The maximum absolute atomic E-state index is 10.3. The van der Waals surface area contributed by atoms with Crippen LogP contribution in [0, 0.1) is 6.92 Å². The SMILES string of the molecule is Cc1ccn(C(O)c2ccncc2)c1CCO. The van der Waals surface area contributed by atoms with Gasteiger partial charge < -0.3 is 14.8 Å². The Morgan fingerprint density at radius 3 is 2.65 bits per heavy atom. The molecule has 0 aliphatic carbocycles. The van der Waals surface area contributed by atoms with E-state index < -0.39 is 6.23 Å². The minimum absolute atomic E-state index is 0.0773. The Morgan fingerprint density at radius 2 is 2.00 bits per heavy atom. The molecule has 0 fully saturated rings. The number of rotatable bonds is 4. The second-order valence-corrected chi connectivity index (χ2v) is 3.98. The first-order chi connectivity index (χ1) is 8.24. The molecule has 1 unspecified atom stereocenters. The Hall–Kier alpha value is -1.65. The van der Waals surface area contributed by atoms with Crippen molar-refractivity contribution in [3.8, 4) is 0 Å². The van der Waals surface area contributed by atoms with Crippen molar-refractivity contribution in [2.75, 3.05) is 6.61 Å². The van der Waals surface area contributed by atoms with E-state index in [9.17, 15) is 5.11 Å². The normalized spacial score (nSPS) is 12.6. The van der Waals surface area contributed by atoms with Crippen molar-refractivity contribution < 1.29 is 10.2 Å². The van der Waals surface area contributed by atoms with Crippen LogP contribution in [-0.2, 0) is 6.42 Å². The minimum atomic E-state index is -0.728. The van der Waals surface area contributed by atoms with Gasteiger partial charge in [-0.25, -0.2) is 0 Å². The highest BCUT2D eigenvalue weighted by molar-refractivity contribution is 5.24. The first-order valence-electron chi connectivity index (χ1n) is 5.59. The summed E-state index contributed by atoms with van der Waals surface area (Å²) in [6, 6.07) is 5.50. The molecule has 2 heterocycles. The fourth-order valence-electron chi connectivity index (χ4n) is 1.94. The van der Waals surface area contributed by atoms with Crippen LogP contribution >= 0.6 is 0 Å². The van der Waals surface area contributed by atoms with Gasteiger partial charge in [0, 0.05) is 42.9 Å². The molecule has 0 bridgehead atoms. The van der Waals surface area contributed by atoms with Gasteiger partial charge in [-0.2, -0.15) is 0 Å². The predicted molar refractivity (Wildman–Crippen MR) is 64.6 cm³/mol. The fraction of sp³-hybridized carbons (Fsp3) is 0.308. The summed E-state index contributed by atoms with van der Waals surface area (Å²) in [6.45, 7) is 2.05. The van der Waals surface area contributed by atoms with Gasteiger partial charge >= 0.3 is 0 Å². The second kappa shape index (κ2) is 5.12. The number of hydrogen-bond donors (Lipinski definition) is 2. The van der Waals surface area contributed by atoms with Crippen LogP contribution in [0.15, 0.2) is 36.8 Å². The minimum Gasteiger partial charge on any atom is -0.396 e. The van der Waals surface area contributed by atoms with Crippen LogP contribution < -0.4 is 0 Å². The summed E-state index contributed by atoms with van der Waals surface area (Å²) >= 11 is 0. The largest absolute Gasteiger partial charge is 0.396 e. The monoisotopic (exact) mass is 232 g/mol. The molecule has 0 aliphatic heterocycles. The number of aliphatic hydroxyl groups is 2. The standard InChI is InChI=1S/C13H16N2O2/c1-10-4-8-15(12(10)5-9-16)13(17)11-2-6-14-7-3-11/h2-4,6-8,13,16-17H,5,9H2,1H3. The molecule has 0 aromatic carbocycles. The smallest absolute Gasteiger partial charge is 0.156 e. The molecule has 0 spiro atoms. The van der Waals surface area contributed by atoms with Crippen LogP contribution in [-0.4, -0.2) is 26.4 Å². The van der Waals surface area contributed by atoms with Crippen LogP contribution in [0.2, 0.25) is 0 Å². The summed E-state index contributed by atoms with van der Waals surface area (Å²) in [6.07, 6.45) is 4.96. The van der Waals surface area contributed by atoms with E-state index in [0.29, 0.717) is 6.42 Å². The molecule has 0 aliphatic rings. The number of aliphatic hydroxyl groups excluding tert-OH is 2. The van der Waals surface area contributed by atoms with Crippen molar-refractivity contribution in [3.05, 3.63) is 53.6 Å². The van der Waals surface area contributed by atoms with Gasteiger partial charge in [-0.15, -0.1) is 0 Å². The molecule has 1 atom stereocenters. The van der Waals surface area contributed by atoms with Gasteiger partial charge in [-0.05, 0) is 30.7 Å². The third-order valence-electron chi connectivity index (χ3n) is 2.87. The van der Waals surface area contributed by atoms with Gasteiger partial charge in [-0.3, -0.25) is 4.98 Å². The summed E-state index contributed by atoms with van der Waals surface area (Å²) in [7, 11) is 0. The van der Waals surface area contributed by atoms with Crippen molar-refractivity contribution in [2.24, 2.45) is 0 Å². The Morgan fingerprint density at radius 1 is 1.29 bits per heavy atom. The lowest BCUT2D eigenvalue weighted by Crippen LogP contribution is -2.13. The summed E-state index contributed by atoms with van der Waals surface area (Å²) in [5, 5.41) is 19.3. The van der Waals surface area contributed by atoms with E-state index in [2.05, 4.69) is 4.98 Å². The van der Waals surface area contributed by atoms with Crippen LogP contribution in [0.1, 0.15) is 23.0 Å². The molecule has 0 saturated carbocycles. The van der Waals surface area contributed by atoms with Crippen LogP contribution in [0.3, 0.4) is 0 Å². The zero-order chi connectivity index (χ0) is 12.3. The number of aryl methyl sites for hydroxylation is 1. The van der Waals surface area contributed by atoms with Crippen molar-refractivity contribution in [1.82, 2.24) is 9.55 Å². The number of pyridine rings is 1. The van der Waals surface area contributed by atoms with E-state index in [0.717, 1.165) is 16.8 Å². The van der Waals surface area contributed by atoms with Gasteiger partial charge in [0.1, 0.15) is 0 Å². The zero-order valence-electron chi connectivity index (χ0n) is 9.74. The van der Waals surface area contributed by atoms with E-state index in [1.54, 1.807) is 29.1 Å². The highest BCUT2D eigenvalue weighted by Gasteiger charge is 2.14. The Kier molecular flexibility index (Phi) is 3.56. The summed E-state index contributed by atoms with van der Waals surface area (Å²) in [5.41, 5.74) is 2.82. The quantitative estimate of drug-likeness (QED) is 0.834. The second-order valence-electron chi connectivity index (χ2n) is 3.98. The van der Waals surface area contributed by atoms with E-state index in [4.69, 9.17) is 5.11 Å². The van der Waals surface area contributed by atoms with Gasteiger partial charge in [0.05, 0.1) is 0 Å². The van der Waals surface area contributed by atoms with Crippen molar-refractivity contribution in [2.45, 2.75) is 19.6 Å². The Bertz CT molecular complexity index is 479. The molecule has 17 heavy (non-hydrogen) atoms. The fourth-order valence-corrected chi connectivity index (χ4v) is 1.94. The molecule has 0 saturated heterocycles. The molecule has 0 amide bonds.